The van der Waals surface area contributed by atoms with Gasteiger partial charge < -0.3 is 9.47 Å². The molecule has 0 radical (unpaired) electrons. The van der Waals surface area contributed by atoms with Gasteiger partial charge in [0.05, 0.1) is 0 Å². The summed E-state index contributed by atoms with van der Waals surface area (Å²) in [5.41, 5.74) is 2.00. The van der Waals surface area contributed by atoms with E-state index in [4.69, 9.17) is 11.6 Å². The van der Waals surface area contributed by atoms with Gasteiger partial charge in [-0.1, -0.05) is 48.0 Å². The number of carbonyl (C=O) groups is 1. The monoisotopic (exact) mass is 435 g/mol. The Labute approximate surface area is 183 Å². The van der Waals surface area contributed by atoms with Gasteiger partial charge in [0.2, 0.25) is 0 Å². The molecule has 0 saturated carbocycles. The van der Waals surface area contributed by atoms with E-state index in [1.807, 2.05) is 18.2 Å². The predicted molar refractivity (Wildman–Crippen MR) is 120 cm³/mol. The number of hydrogen-bond donors (Lipinski definition) is 0. The molecule has 156 valence electrons. The molecule has 1 amide bonds. The third kappa shape index (κ3) is 3.82. The van der Waals surface area contributed by atoms with Crippen molar-refractivity contribution in [2.75, 3.05) is 7.05 Å². The van der Waals surface area contributed by atoms with Gasteiger partial charge in [0.15, 0.2) is 0 Å². The summed E-state index contributed by atoms with van der Waals surface area (Å²) < 4.78 is 14.9. The highest BCUT2D eigenvalue weighted by Gasteiger charge is 2.25. The summed E-state index contributed by atoms with van der Waals surface area (Å²) in [4.78, 5) is 32.3. The molecule has 0 N–H and O–H groups in total. The van der Waals surface area contributed by atoms with Crippen LogP contribution in [0.25, 0.3) is 22.0 Å². The van der Waals surface area contributed by atoms with E-state index in [2.05, 4.69) is 4.98 Å². The molecule has 0 unspecified atom stereocenters. The molecule has 2 aromatic heterocycles. The van der Waals surface area contributed by atoms with Crippen LogP contribution in [0.4, 0.5) is 4.39 Å². The van der Waals surface area contributed by atoms with Crippen molar-refractivity contribution in [1.82, 2.24) is 14.5 Å². The summed E-state index contributed by atoms with van der Waals surface area (Å²) in [6, 6.07) is 16.5. The molecule has 0 aliphatic rings. The summed E-state index contributed by atoms with van der Waals surface area (Å²) in [6.45, 7) is 0.265. The molecule has 2 aromatic carbocycles. The highest BCUT2D eigenvalue weighted by Crippen LogP contribution is 2.31. The Morgan fingerprint density at radius 1 is 1.10 bits per heavy atom. The smallest absolute Gasteiger partial charge is 0.277 e. The first kappa shape index (κ1) is 20.8. The molecule has 0 spiro atoms. The standard InChI is InChI=1S/C24H19ClFN3O2/c1-28(14-16-6-3-4-8-19(16)25)24(31)22-20(15-9-11-17(26)12-10-15)18-7-5-13-27-21(18)23(30)29(22)2/h3-13H,14H2,1-2H3. The second kappa shape index (κ2) is 8.32. The first-order valence-electron chi connectivity index (χ1n) is 9.61. The minimum absolute atomic E-state index is 0.201. The zero-order valence-electron chi connectivity index (χ0n) is 17.0. The highest BCUT2D eigenvalue weighted by atomic mass is 35.5. The van der Waals surface area contributed by atoms with Gasteiger partial charge in [-0.3, -0.25) is 14.6 Å². The number of hydrogen-bond acceptors (Lipinski definition) is 3. The summed E-state index contributed by atoms with van der Waals surface area (Å²) in [5, 5.41) is 1.09. The van der Waals surface area contributed by atoms with Crippen LogP contribution in [0.2, 0.25) is 5.02 Å². The Morgan fingerprint density at radius 3 is 2.52 bits per heavy atom. The number of rotatable bonds is 4. The van der Waals surface area contributed by atoms with E-state index in [0.29, 0.717) is 21.5 Å². The Balaban J connectivity index is 1.92. The molecular weight excluding hydrogens is 417 g/mol. The van der Waals surface area contributed by atoms with Gasteiger partial charge >= 0.3 is 0 Å². The number of fused-ring (bicyclic) bond motifs is 1. The van der Waals surface area contributed by atoms with Gasteiger partial charge in [-0.15, -0.1) is 0 Å². The molecule has 0 fully saturated rings. The number of nitrogens with zero attached hydrogens (tertiary/aromatic N) is 3. The van der Waals surface area contributed by atoms with Gasteiger partial charge in [0.1, 0.15) is 17.0 Å². The van der Waals surface area contributed by atoms with Crippen molar-refractivity contribution >= 4 is 28.4 Å². The third-order valence-corrected chi connectivity index (χ3v) is 5.57. The largest absolute Gasteiger partial charge is 0.336 e. The number of benzene rings is 2. The van der Waals surface area contributed by atoms with Crippen molar-refractivity contribution in [1.29, 1.82) is 0 Å². The Kier molecular flexibility index (Phi) is 5.57. The van der Waals surface area contributed by atoms with Gasteiger partial charge in [0.25, 0.3) is 11.5 Å². The first-order valence-corrected chi connectivity index (χ1v) is 9.99. The summed E-state index contributed by atoms with van der Waals surface area (Å²) in [6.07, 6.45) is 1.53. The normalized spacial score (nSPS) is 11.0. The van der Waals surface area contributed by atoms with Gasteiger partial charge in [-0.25, -0.2) is 4.39 Å². The second-order valence-electron chi connectivity index (χ2n) is 7.25. The van der Waals surface area contributed by atoms with E-state index < -0.39 is 0 Å². The lowest BCUT2D eigenvalue weighted by molar-refractivity contribution is 0.0775. The molecule has 0 aliphatic carbocycles. The van der Waals surface area contributed by atoms with E-state index in [9.17, 15) is 14.0 Å². The zero-order valence-corrected chi connectivity index (χ0v) is 17.7. The Morgan fingerprint density at radius 2 is 1.81 bits per heavy atom. The molecule has 0 aliphatic heterocycles. The fourth-order valence-electron chi connectivity index (χ4n) is 3.63. The van der Waals surface area contributed by atoms with Crippen molar-refractivity contribution < 1.29 is 9.18 Å². The minimum atomic E-state index is -0.389. The van der Waals surface area contributed by atoms with Crippen LogP contribution in [0.1, 0.15) is 16.1 Å². The van der Waals surface area contributed by atoms with Crippen LogP contribution in [0.15, 0.2) is 71.7 Å². The number of halogens is 2. The molecular formula is C24H19ClFN3O2. The highest BCUT2D eigenvalue weighted by molar-refractivity contribution is 6.31. The van der Waals surface area contributed by atoms with Crippen molar-refractivity contribution in [3.8, 4) is 11.1 Å². The molecule has 31 heavy (non-hydrogen) atoms. The Bertz CT molecular complexity index is 1350. The molecule has 0 atom stereocenters. The number of aromatic nitrogens is 2. The van der Waals surface area contributed by atoms with Crippen molar-refractivity contribution in [2.24, 2.45) is 7.05 Å². The van der Waals surface area contributed by atoms with E-state index in [-0.39, 0.29) is 35.0 Å². The molecule has 7 heteroatoms. The lowest BCUT2D eigenvalue weighted by atomic mass is 9.98. The summed E-state index contributed by atoms with van der Waals surface area (Å²) in [7, 11) is 3.19. The van der Waals surface area contributed by atoms with Gasteiger partial charge in [-0.2, -0.15) is 0 Å². The van der Waals surface area contributed by atoms with Crippen LogP contribution in [0, 0.1) is 5.82 Å². The van der Waals surface area contributed by atoms with Crippen molar-refractivity contribution in [2.45, 2.75) is 6.54 Å². The number of amides is 1. The van der Waals surface area contributed by atoms with Crippen LogP contribution in [0.5, 0.6) is 0 Å². The van der Waals surface area contributed by atoms with E-state index in [1.165, 1.54) is 27.8 Å². The SMILES string of the molecule is CN(Cc1ccccc1Cl)C(=O)c1c(-c2ccc(F)cc2)c2cccnc2c(=O)n1C. The quantitative estimate of drug-likeness (QED) is 0.468. The fourth-order valence-corrected chi connectivity index (χ4v) is 3.82. The lowest BCUT2D eigenvalue weighted by Crippen LogP contribution is -2.33. The summed E-state index contributed by atoms with van der Waals surface area (Å²) in [5.74, 6) is -0.746. The molecule has 5 nitrogen and oxygen atoms in total. The van der Waals surface area contributed by atoms with E-state index in [1.54, 1.807) is 44.4 Å². The van der Waals surface area contributed by atoms with Crippen molar-refractivity contribution in [3.05, 3.63) is 99.3 Å². The molecule has 0 saturated heterocycles. The molecule has 4 aromatic rings. The molecule has 4 rings (SSSR count). The first-order chi connectivity index (χ1) is 14.9. The van der Waals surface area contributed by atoms with Crippen LogP contribution in [0.3, 0.4) is 0 Å². The van der Waals surface area contributed by atoms with Crippen LogP contribution >= 0.6 is 11.6 Å². The van der Waals surface area contributed by atoms with Crippen LogP contribution < -0.4 is 5.56 Å². The lowest BCUT2D eigenvalue weighted by Gasteiger charge is -2.22. The van der Waals surface area contributed by atoms with Crippen LogP contribution in [-0.4, -0.2) is 27.4 Å². The van der Waals surface area contributed by atoms with Crippen molar-refractivity contribution in [3.63, 3.8) is 0 Å². The average molecular weight is 436 g/mol. The maximum atomic E-state index is 13.6. The fraction of sp³-hybridized carbons (Fsp3) is 0.125. The zero-order chi connectivity index (χ0) is 22.1. The molecule has 2 heterocycles. The second-order valence-corrected chi connectivity index (χ2v) is 7.65. The maximum absolute atomic E-state index is 13.6. The summed E-state index contributed by atoms with van der Waals surface area (Å²) >= 11 is 6.26. The number of carbonyl (C=O) groups excluding carboxylic acids is 1. The topological polar surface area (TPSA) is 55.2 Å². The number of pyridine rings is 2. The third-order valence-electron chi connectivity index (χ3n) is 5.20. The molecule has 0 bridgehead atoms. The minimum Gasteiger partial charge on any atom is -0.336 e. The average Bonchev–Trinajstić information content (AvgIpc) is 2.78. The van der Waals surface area contributed by atoms with Gasteiger partial charge in [0, 0.05) is 42.8 Å². The van der Waals surface area contributed by atoms with Crippen LogP contribution in [-0.2, 0) is 13.6 Å². The van der Waals surface area contributed by atoms with E-state index in [0.717, 1.165) is 5.56 Å². The van der Waals surface area contributed by atoms with E-state index >= 15 is 0 Å². The Hall–Kier alpha value is -3.51. The van der Waals surface area contributed by atoms with Gasteiger partial charge in [-0.05, 0) is 35.4 Å². The predicted octanol–water partition coefficient (Wildman–Crippen LogP) is 4.67. The maximum Gasteiger partial charge on any atom is 0.277 e.